The molecule has 0 aliphatic carbocycles. The second kappa shape index (κ2) is 9.83. The molecule has 8 nitrogen and oxygen atoms in total. The molecule has 0 saturated carbocycles. The molecule has 0 atom stereocenters. The minimum atomic E-state index is -0.919. The van der Waals surface area contributed by atoms with Gasteiger partial charge in [0.2, 0.25) is 0 Å². The largest absolute Gasteiger partial charge is 0.497 e. The average molecular weight is 455 g/mol. The minimum Gasteiger partial charge on any atom is -0.497 e. The molecule has 4 rings (SSSR count). The van der Waals surface area contributed by atoms with Gasteiger partial charge in [-0.2, -0.15) is 5.10 Å². The number of ketones is 1. The van der Waals surface area contributed by atoms with E-state index in [1.807, 2.05) is 24.3 Å². The zero-order chi connectivity index (χ0) is 24.1. The van der Waals surface area contributed by atoms with Crippen LogP contribution in [-0.4, -0.2) is 41.7 Å². The highest BCUT2D eigenvalue weighted by Gasteiger charge is 2.33. The summed E-state index contributed by atoms with van der Waals surface area (Å²) in [7, 11) is 2.72. The van der Waals surface area contributed by atoms with E-state index in [1.54, 1.807) is 60.7 Å². The van der Waals surface area contributed by atoms with Gasteiger partial charge in [-0.05, 0) is 36.4 Å². The number of ether oxygens (including phenoxy) is 2. The number of Topliss-reactive ketones (excluding diaryl/α,β-unsaturated/α-hetero) is 1. The van der Waals surface area contributed by atoms with Crippen LogP contribution in [0.15, 0.2) is 84.9 Å². The van der Waals surface area contributed by atoms with Gasteiger partial charge in [0.15, 0.2) is 5.69 Å². The van der Waals surface area contributed by atoms with Crippen molar-refractivity contribution in [3.63, 3.8) is 0 Å². The molecular weight excluding hydrogens is 434 g/mol. The van der Waals surface area contributed by atoms with Gasteiger partial charge in [-0.1, -0.05) is 48.5 Å². The summed E-state index contributed by atoms with van der Waals surface area (Å²) in [6, 6.07) is 24.5. The van der Waals surface area contributed by atoms with E-state index in [9.17, 15) is 14.4 Å². The van der Waals surface area contributed by atoms with Crippen LogP contribution in [-0.2, 0) is 9.53 Å². The predicted molar refractivity (Wildman–Crippen MR) is 126 cm³/mol. The Morgan fingerprint density at radius 3 is 2.03 bits per heavy atom. The lowest BCUT2D eigenvalue weighted by Gasteiger charge is -2.10. The smallest absolute Gasteiger partial charge is 0.359 e. The van der Waals surface area contributed by atoms with Gasteiger partial charge < -0.3 is 14.8 Å². The number of hydrogen-bond acceptors (Lipinski definition) is 6. The fourth-order valence-corrected chi connectivity index (χ4v) is 3.47. The zero-order valence-corrected chi connectivity index (χ0v) is 18.5. The monoisotopic (exact) mass is 455 g/mol. The van der Waals surface area contributed by atoms with Gasteiger partial charge in [-0.3, -0.25) is 9.59 Å². The van der Waals surface area contributed by atoms with E-state index in [1.165, 1.54) is 18.9 Å². The molecule has 34 heavy (non-hydrogen) atoms. The molecule has 8 heteroatoms. The molecule has 0 bridgehead atoms. The first-order chi connectivity index (χ1) is 16.5. The van der Waals surface area contributed by atoms with Crippen molar-refractivity contribution in [2.75, 3.05) is 19.5 Å². The number of hydrogen-bond donors (Lipinski definition) is 1. The SMILES string of the molecule is COC(=O)c1nn(-c2ccccc2)c(-c2ccccc2)c1C(=O)C(=O)Nc1ccc(OC)cc1. The Morgan fingerprint density at radius 2 is 1.44 bits per heavy atom. The standard InChI is InChI=1S/C26H21N3O5/c1-33-20-15-13-18(14-16-20)27-25(31)24(30)21-22(26(32)34-2)28-29(19-11-7-4-8-12-19)23(21)17-9-5-3-6-10-17/h3-16H,1-2H3,(H,27,31). The summed E-state index contributed by atoms with van der Waals surface area (Å²) in [6.45, 7) is 0. The van der Waals surface area contributed by atoms with Gasteiger partial charge >= 0.3 is 5.97 Å². The van der Waals surface area contributed by atoms with Crippen LogP contribution in [0.3, 0.4) is 0 Å². The molecule has 0 unspecified atom stereocenters. The second-order valence-electron chi connectivity index (χ2n) is 7.19. The fourth-order valence-electron chi connectivity index (χ4n) is 3.47. The van der Waals surface area contributed by atoms with Gasteiger partial charge in [0.1, 0.15) is 5.75 Å². The van der Waals surface area contributed by atoms with Crippen LogP contribution in [0.25, 0.3) is 16.9 Å². The molecule has 3 aromatic carbocycles. The number of anilines is 1. The minimum absolute atomic E-state index is 0.145. The lowest BCUT2D eigenvalue weighted by atomic mass is 10.0. The maximum Gasteiger partial charge on any atom is 0.359 e. The van der Waals surface area contributed by atoms with Crippen LogP contribution in [0.5, 0.6) is 5.75 Å². The molecule has 170 valence electrons. The van der Waals surface area contributed by atoms with Crippen LogP contribution in [0.4, 0.5) is 5.69 Å². The molecule has 0 radical (unpaired) electrons. The molecule has 0 fully saturated rings. The number of methoxy groups -OCH3 is 2. The third kappa shape index (κ3) is 4.42. The summed E-state index contributed by atoms with van der Waals surface area (Å²) >= 11 is 0. The van der Waals surface area contributed by atoms with Crippen molar-refractivity contribution in [3.8, 4) is 22.7 Å². The first kappa shape index (κ1) is 22.5. The van der Waals surface area contributed by atoms with Gasteiger partial charge in [-0.15, -0.1) is 0 Å². The quantitative estimate of drug-likeness (QED) is 0.255. The number of amides is 1. The first-order valence-corrected chi connectivity index (χ1v) is 10.4. The first-order valence-electron chi connectivity index (χ1n) is 10.4. The van der Waals surface area contributed by atoms with Gasteiger partial charge in [0.05, 0.1) is 31.2 Å². The van der Waals surface area contributed by atoms with Crippen LogP contribution in [0.1, 0.15) is 20.8 Å². The van der Waals surface area contributed by atoms with E-state index < -0.39 is 17.7 Å². The highest BCUT2D eigenvalue weighted by Crippen LogP contribution is 2.30. The maximum atomic E-state index is 13.5. The second-order valence-corrected chi connectivity index (χ2v) is 7.19. The Hall–Kier alpha value is -4.72. The molecule has 4 aromatic rings. The Balaban J connectivity index is 1.85. The van der Waals surface area contributed by atoms with Gasteiger partial charge in [0, 0.05) is 11.3 Å². The lowest BCUT2D eigenvalue weighted by Crippen LogP contribution is -2.25. The molecule has 0 saturated heterocycles. The van der Waals surface area contributed by atoms with Gasteiger partial charge in [-0.25, -0.2) is 9.48 Å². The molecule has 1 amide bonds. The summed E-state index contributed by atoms with van der Waals surface area (Å²) in [6.07, 6.45) is 0. The Bertz CT molecular complexity index is 1330. The van der Waals surface area contributed by atoms with Crippen molar-refractivity contribution in [2.24, 2.45) is 0 Å². The van der Waals surface area contributed by atoms with Crippen molar-refractivity contribution in [1.82, 2.24) is 9.78 Å². The number of rotatable bonds is 7. The Morgan fingerprint density at radius 1 is 0.824 bits per heavy atom. The predicted octanol–water partition coefficient (Wildman–Crippen LogP) is 4.16. The number of aromatic nitrogens is 2. The van der Waals surface area contributed by atoms with Gasteiger partial charge in [0.25, 0.3) is 11.7 Å². The van der Waals surface area contributed by atoms with Crippen molar-refractivity contribution < 1.29 is 23.9 Å². The number of carbonyl (C=O) groups excluding carboxylic acids is 3. The number of esters is 1. The van der Waals surface area contributed by atoms with Crippen LogP contribution in [0, 0.1) is 0 Å². The normalized spacial score (nSPS) is 10.4. The van der Waals surface area contributed by atoms with E-state index in [0.29, 0.717) is 28.4 Å². The Kier molecular flexibility index (Phi) is 6.49. The molecule has 1 N–H and O–H groups in total. The molecule has 0 aliphatic heterocycles. The van der Waals surface area contributed by atoms with Crippen LogP contribution < -0.4 is 10.1 Å². The summed E-state index contributed by atoms with van der Waals surface area (Å²) in [5, 5.41) is 6.96. The maximum absolute atomic E-state index is 13.5. The Labute approximate surface area is 195 Å². The molecule has 0 spiro atoms. The number of benzene rings is 3. The molecule has 1 heterocycles. The highest BCUT2D eigenvalue weighted by molar-refractivity contribution is 6.48. The van der Waals surface area contributed by atoms with E-state index in [2.05, 4.69) is 10.4 Å². The van der Waals surface area contributed by atoms with Crippen LogP contribution in [0.2, 0.25) is 0 Å². The lowest BCUT2D eigenvalue weighted by molar-refractivity contribution is -0.112. The number of nitrogens with zero attached hydrogens (tertiary/aromatic N) is 2. The summed E-state index contributed by atoms with van der Waals surface area (Å²) in [4.78, 5) is 39.1. The van der Waals surface area contributed by atoms with Crippen molar-refractivity contribution in [2.45, 2.75) is 0 Å². The average Bonchev–Trinajstić information content (AvgIpc) is 3.30. The topological polar surface area (TPSA) is 99.5 Å². The van der Waals surface area contributed by atoms with E-state index in [0.717, 1.165) is 0 Å². The summed E-state index contributed by atoms with van der Waals surface area (Å²) in [5.74, 6) is -2.06. The number of para-hydroxylation sites is 1. The summed E-state index contributed by atoms with van der Waals surface area (Å²) < 4.78 is 11.5. The van der Waals surface area contributed by atoms with Crippen molar-refractivity contribution in [3.05, 3.63) is 96.2 Å². The third-order valence-electron chi connectivity index (χ3n) is 5.09. The number of carbonyl (C=O) groups is 3. The van der Waals surface area contributed by atoms with Crippen molar-refractivity contribution >= 4 is 23.3 Å². The highest BCUT2D eigenvalue weighted by atomic mass is 16.5. The van der Waals surface area contributed by atoms with E-state index >= 15 is 0 Å². The number of nitrogens with one attached hydrogen (secondary N) is 1. The summed E-state index contributed by atoms with van der Waals surface area (Å²) in [5.41, 5.74) is 1.53. The van der Waals surface area contributed by atoms with E-state index in [4.69, 9.17) is 9.47 Å². The molecular formula is C26H21N3O5. The fraction of sp³-hybridized carbons (Fsp3) is 0.0769. The van der Waals surface area contributed by atoms with Crippen molar-refractivity contribution in [1.29, 1.82) is 0 Å². The van der Waals surface area contributed by atoms with E-state index in [-0.39, 0.29) is 11.3 Å². The third-order valence-corrected chi connectivity index (χ3v) is 5.09. The molecule has 1 aromatic heterocycles. The zero-order valence-electron chi connectivity index (χ0n) is 18.5. The van der Waals surface area contributed by atoms with Crippen LogP contribution >= 0.6 is 0 Å². The molecule has 0 aliphatic rings.